The molecule has 1 saturated heterocycles. The summed E-state index contributed by atoms with van der Waals surface area (Å²) in [5.74, 6) is -0.920. The average molecular weight is 515 g/mol. The second-order valence-electron chi connectivity index (χ2n) is 7.10. The topological polar surface area (TPSA) is 102 Å². The number of hydrogen-bond donors (Lipinski definition) is 0. The lowest BCUT2D eigenvalue weighted by Gasteiger charge is -2.20. The second kappa shape index (κ2) is 8.77. The largest absolute Gasteiger partial charge is 0.423 e. The van der Waals surface area contributed by atoms with Gasteiger partial charge in [0.1, 0.15) is 11.5 Å². The van der Waals surface area contributed by atoms with Gasteiger partial charge in [-0.25, -0.2) is 9.18 Å². The van der Waals surface area contributed by atoms with E-state index in [1.165, 1.54) is 42.1 Å². The Bertz CT molecular complexity index is 1220. The van der Waals surface area contributed by atoms with E-state index < -0.39 is 21.9 Å². The summed E-state index contributed by atoms with van der Waals surface area (Å²) in [7, 11) is 1.52. The molecule has 0 saturated carbocycles. The molecule has 4 rings (SSSR count). The molecule has 0 N–H and O–H groups in total. The van der Waals surface area contributed by atoms with Crippen molar-refractivity contribution < 1.29 is 23.2 Å². The zero-order valence-electron chi connectivity index (χ0n) is 17.1. The summed E-state index contributed by atoms with van der Waals surface area (Å²) in [6.07, 6.45) is 0.0168. The summed E-state index contributed by atoms with van der Waals surface area (Å²) in [5.41, 5.74) is 1.38. The van der Waals surface area contributed by atoms with E-state index in [9.17, 15) is 14.0 Å². The third-order valence-corrected chi connectivity index (χ3v) is 5.45. The normalized spacial score (nSPS) is 16.1. The minimum Gasteiger partial charge on any atom is -0.423 e. The third kappa shape index (κ3) is 4.73. The van der Waals surface area contributed by atoms with E-state index in [-0.39, 0.29) is 29.7 Å². The number of carbonyl (C=O) groups excluding carboxylic acids is 2. The number of carbonyl (C=O) groups is 2. The molecule has 33 heavy (non-hydrogen) atoms. The van der Waals surface area contributed by atoms with Gasteiger partial charge in [-0.15, -0.1) is 0 Å². The van der Waals surface area contributed by atoms with Crippen LogP contribution in [0.5, 0.6) is 0 Å². The number of benzene rings is 1. The van der Waals surface area contributed by atoms with Gasteiger partial charge < -0.3 is 14.2 Å². The summed E-state index contributed by atoms with van der Waals surface area (Å²) in [6.45, 7) is 1.45. The lowest BCUT2D eigenvalue weighted by Crippen LogP contribution is -2.38. The molecule has 172 valence electrons. The van der Waals surface area contributed by atoms with E-state index in [2.05, 4.69) is 15.1 Å². The van der Waals surface area contributed by atoms with Gasteiger partial charge in [-0.3, -0.25) is 14.7 Å². The van der Waals surface area contributed by atoms with E-state index in [4.69, 9.17) is 44.1 Å². The maximum absolute atomic E-state index is 14.9. The number of aromatic nitrogens is 3. The molecule has 0 aliphatic carbocycles. The molecule has 1 aliphatic heterocycles. The standard InChI is InChI=1S/C20H15Cl3FN5O4/c1-10(30)28(2)16-9-29(19(31)32-16)12-4-5-13(14(24)7-12)11-3-6-15(25-8-11)17-26-18(33-27-17)20(21,22)23/h3-8,16H,9H2,1-2H3/t16-/m0/s1. The summed E-state index contributed by atoms with van der Waals surface area (Å²) in [5, 5.41) is 3.72. The van der Waals surface area contributed by atoms with Gasteiger partial charge in [0.15, 0.2) is 6.23 Å². The minimum atomic E-state index is -1.86. The smallest absolute Gasteiger partial charge is 0.416 e. The minimum absolute atomic E-state index is 0.0881. The SMILES string of the molecule is CC(=O)N(C)[C@@H]1CN(c2ccc(-c3ccc(-c4noc(C(Cl)(Cl)Cl)n4)nc3)c(F)c2)C(=O)O1. The zero-order valence-corrected chi connectivity index (χ0v) is 19.4. The molecule has 2 aromatic heterocycles. The monoisotopic (exact) mass is 513 g/mol. The molecule has 2 amide bonds. The summed E-state index contributed by atoms with van der Waals surface area (Å²) in [4.78, 5) is 34.5. The number of cyclic esters (lactones) is 1. The van der Waals surface area contributed by atoms with Crippen LogP contribution in [0.25, 0.3) is 22.6 Å². The highest BCUT2D eigenvalue weighted by Crippen LogP contribution is 2.37. The Morgan fingerprint density at radius 2 is 2.03 bits per heavy atom. The Morgan fingerprint density at radius 1 is 1.27 bits per heavy atom. The molecule has 1 aromatic carbocycles. The molecule has 1 aliphatic rings. The number of likely N-dealkylation sites (N-methyl/N-ethyl adjacent to an activating group) is 1. The predicted molar refractivity (Wildman–Crippen MR) is 118 cm³/mol. The van der Waals surface area contributed by atoms with Crippen LogP contribution in [-0.2, 0) is 13.3 Å². The molecule has 0 bridgehead atoms. The van der Waals surface area contributed by atoms with Crippen molar-refractivity contribution in [1.82, 2.24) is 20.0 Å². The van der Waals surface area contributed by atoms with Gasteiger partial charge in [0.05, 0.1) is 12.2 Å². The number of alkyl halides is 3. The zero-order chi connectivity index (χ0) is 23.9. The average Bonchev–Trinajstić information content (AvgIpc) is 3.40. The third-order valence-electron chi connectivity index (χ3n) is 4.96. The molecule has 0 unspecified atom stereocenters. The number of anilines is 1. The Hall–Kier alpha value is -2.95. The first kappa shape index (κ1) is 23.2. The highest BCUT2D eigenvalue weighted by Gasteiger charge is 2.36. The van der Waals surface area contributed by atoms with Crippen LogP contribution in [0.4, 0.5) is 14.9 Å². The lowest BCUT2D eigenvalue weighted by molar-refractivity contribution is -0.134. The van der Waals surface area contributed by atoms with E-state index in [0.29, 0.717) is 16.9 Å². The number of nitrogens with zero attached hydrogens (tertiary/aromatic N) is 5. The summed E-state index contributed by atoms with van der Waals surface area (Å²) in [6, 6.07) is 7.50. The second-order valence-corrected chi connectivity index (χ2v) is 9.38. The lowest BCUT2D eigenvalue weighted by atomic mass is 10.1. The maximum atomic E-state index is 14.9. The van der Waals surface area contributed by atoms with Crippen molar-refractivity contribution >= 4 is 52.5 Å². The molecule has 1 fully saturated rings. The van der Waals surface area contributed by atoms with Gasteiger partial charge in [-0.05, 0) is 24.3 Å². The van der Waals surface area contributed by atoms with Crippen LogP contribution in [0, 0.1) is 5.82 Å². The Labute approximate surface area is 202 Å². The van der Waals surface area contributed by atoms with Crippen molar-refractivity contribution in [3.63, 3.8) is 0 Å². The first-order chi connectivity index (χ1) is 15.5. The fraction of sp³-hybridized carbons (Fsp3) is 0.250. The highest BCUT2D eigenvalue weighted by molar-refractivity contribution is 6.66. The van der Waals surface area contributed by atoms with Crippen LogP contribution < -0.4 is 4.90 Å². The van der Waals surface area contributed by atoms with Crippen LogP contribution in [0.1, 0.15) is 12.8 Å². The van der Waals surface area contributed by atoms with E-state index in [1.807, 2.05) is 0 Å². The van der Waals surface area contributed by atoms with E-state index in [0.717, 1.165) is 0 Å². The van der Waals surface area contributed by atoms with Gasteiger partial charge in [-0.2, -0.15) is 4.98 Å². The number of ether oxygens (including phenoxy) is 1. The molecule has 0 spiro atoms. The van der Waals surface area contributed by atoms with Gasteiger partial charge >= 0.3 is 6.09 Å². The first-order valence-electron chi connectivity index (χ1n) is 9.43. The maximum Gasteiger partial charge on any atom is 0.416 e. The highest BCUT2D eigenvalue weighted by atomic mass is 35.6. The molecule has 0 radical (unpaired) electrons. The molecular formula is C20H15Cl3FN5O4. The van der Waals surface area contributed by atoms with Gasteiger partial charge in [0.2, 0.25) is 11.7 Å². The van der Waals surface area contributed by atoms with Crippen LogP contribution in [0.15, 0.2) is 41.1 Å². The van der Waals surface area contributed by atoms with Crippen molar-refractivity contribution in [3.8, 4) is 22.6 Å². The number of halogens is 4. The molecule has 3 aromatic rings. The molecule has 9 nitrogen and oxygen atoms in total. The van der Waals surface area contributed by atoms with E-state index in [1.54, 1.807) is 18.2 Å². The van der Waals surface area contributed by atoms with Crippen LogP contribution in [0.2, 0.25) is 0 Å². The Kier molecular flexibility index (Phi) is 6.17. The first-order valence-corrected chi connectivity index (χ1v) is 10.6. The number of rotatable bonds is 4. The van der Waals surface area contributed by atoms with E-state index >= 15 is 0 Å². The van der Waals surface area contributed by atoms with Crippen molar-refractivity contribution in [2.24, 2.45) is 0 Å². The number of amides is 2. The number of pyridine rings is 1. The van der Waals surface area contributed by atoms with Crippen molar-refractivity contribution in [1.29, 1.82) is 0 Å². The quantitative estimate of drug-likeness (QED) is 0.472. The summed E-state index contributed by atoms with van der Waals surface area (Å²) >= 11 is 17.1. The predicted octanol–water partition coefficient (Wildman–Crippen LogP) is 4.53. The van der Waals surface area contributed by atoms with Crippen molar-refractivity contribution in [3.05, 3.63) is 48.2 Å². The van der Waals surface area contributed by atoms with Crippen LogP contribution in [0.3, 0.4) is 0 Å². The van der Waals surface area contributed by atoms with Crippen LogP contribution >= 0.6 is 34.8 Å². The summed E-state index contributed by atoms with van der Waals surface area (Å²) < 4.78 is 23.1. The Morgan fingerprint density at radius 3 is 2.61 bits per heavy atom. The fourth-order valence-electron chi connectivity index (χ4n) is 3.10. The Balaban J connectivity index is 1.53. The molecular weight excluding hydrogens is 500 g/mol. The van der Waals surface area contributed by atoms with Gasteiger partial charge in [-0.1, -0.05) is 46.0 Å². The molecule has 3 heterocycles. The fourth-order valence-corrected chi connectivity index (χ4v) is 3.33. The van der Waals surface area contributed by atoms with Gasteiger partial charge in [0, 0.05) is 31.3 Å². The number of hydrogen-bond acceptors (Lipinski definition) is 7. The molecule has 1 atom stereocenters. The van der Waals surface area contributed by atoms with Gasteiger partial charge in [0.25, 0.3) is 9.68 Å². The molecule has 13 heteroatoms. The van der Waals surface area contributed by atoms with Crippen LogP contribution in [-0.4, -0.2) is 51.8 Å². The van der Waals surface area contributed by atoms with Crippen molar-refractivity contribution in [2.75, 3.05) is 18.5 Å². The van der Waals surface area contributed by atoms with Crippen molar-refractivity contribution in [2.45, 2.75) is 16.9 Å².